The molecule has 1 fully saturated rings. The molecule has 1 saturated heterocycles. The molecule has 3 aromatic rings. The summed E-state index contributed by atoms with van der Waals surface area (Å²) in [5.41, 5.74) is 2.23. The Labute approximate surface area is 186 Å². The summed E-state index contributed by atoms with van der Waals surface area (Å²) in [5.74, 6) is 2.03. The molecule has 3 heterocycles. The van der Waals surface area contributed by atoms with E-state index >= 15 is 0 Å². The summed E-state index contributed by atoms with van der Waals surface area (Å²) in [6.45, 7) is 7.54. The summed E-state index contributed by atoms with van der Waals surface area (Å²) in [4.78, 5) is 19.4. The first-order valence-corrected chi connectivity index (χ1v) is 11.5. The highest BCUT2D eigenvalue weighted by Crippen LogP contribution is 2.24. The molecular weight excluding hydrogens is 412 g/mol. The van der Waals surface area contributed by atoms with E-state index in [4.69, 9.17) is 9.15 Å². The second-order valence-electron chi connectivity index (χ2n) is 7.57. The van der Waals surface area contributed by atoms with E-state index in [1.807, 2.05) is 42.0 Å². The molecule has 1 unspecified atom stereocenters. The van der Waals surface area contributed by atoms with Crippen LogP contribution in [0.2, 0.25) is 0 Å². The topological polar surface area (TPSA) is 72.5 Å². The predicted octanol–water partition coefficient (Wildman–Crippen LogP) is 3.36. The number of carbonyl (C=O) groups is 1. The lowest BCUT2D eigenvalue weighted by molar-refractivity contribution is -0.118. The molecular formula is C23H28N4O3S. The van der Waals surface area contributed by atoms with Crippen molar-refractivity contribution in [3.8, 4) is 5.69 Å². The molecule has 0 radical (unpaired) electrons. The van der Waals surface area contributed by atoms with Crippen molar-refractivity contribution in [3.05, 3.63) is 65.9 Å². The van der Waals surface area contributed by atoms with Crippen LogP contribution in [0.25, 0.3) is 5.69 Å². The molecule has 31 heavy (non-hydrogen) atoms. The fourth-order valence-corrected chi connectivity index (χ4v) is 4.53. The van der Waals surface area contributed by atoms with Gasteiger partial charge in [-0.2, -0.15) is 0 Å². The van der Waals surface area contributed by atoms with Crippen LogP contribution in [0.15, 0.2) is 58.4 Å². The minimum Gasteiger partial charge on any atom is -0.465 e. The maximum absolute atomic E-state index is 12.6. The molecule has 1 atom stereocenters. The van der Waals surface area contributed by atoms with Gasteiger partial charge in [-0.05, 0) is 37.6 Å². The van der Waals surface area contributed by atoms with Crippen LogP contribution in [-0.2, 0) is 9.53 Å². The third-order valence-corrected chi connectivity index (χ3v) is 6.35. The standard InChI is InChI=1S/C23H28N4O3S/c1-17-5-3-4-6-19(17)27-10-9-24-23(27)31-16-22(28)25-15-20(21-8-7-18(2)30-21)26-11-13-29-14-12-26/h3-10,20H,11-16H2,1-2H3,(H,25,28). The maximum Gasteiger partial charge on any atom is 0.230 e. The van der Waals surface area contributed by atoms with Crippen molar-refractivity contribution in [1.29, 1.82) is 0 Å². The third kappa shape index (κ3) is 5.39. The number of nitrogens with zero attached hydrogens (tertiary/aromatic N) is 3. The Morgan fingerprint density at radius 2 is 2.00 bits per heavy atom. The molecule has 1 N–H and O–H groups in total. The fourth-order valence-electron chi connectivity index (χ4n) is 3.74. The zero-order chi connectivity index (χ0) is 21.6. The number of furan rings is 1. The Bertz CT molecular complexity index is 1010. The number of imidazole rings is 1. The van der Waals surface area contributed by atoms with Crippen molar-refractivity contribution in [2.75, 3.05) is 38.6 Å². The summed E-state index contributed by atoms with van der Waals surface area (Å²) in [6.07, 6.45) is 3.69. The zero-order valence-electron chi connectivity index (χ0n) is 17.9. The zero-order valence-corrected chi connectivity index (χ0v) is 18.7. The van der Waals surface area contributed by atoms with Gasteiger partial charge in [0.2, 0.25) is 5.91 Å². The number of nitrogens with one attached hydrogen (secondary N) is 1. The SMILES string of the molecule is Cc1ccc(C(CNC(=O)CSc2nccn2-c2ccccc2C)N2CCOCC2)o1. The van der Waals surface area contributed by atoms with E-state index in [-0.39, 0.29) is 11.9 Å². The Hall–Kier alpha value is -2.55. The number of carbonyl (C=O) groups excluding carboxylic acids is 1. The first kappa shape index (κ1) is 21.7. The first-order valence-electron chi connectivity index (χ1n) is 10.5. The highest BCUT2D eigenvalue weighted by Gasteiger charge is 2.25. The average molecular weight is 441 g/mol. The molecule has 1 amide bonds. The molecule has 1 aliphatic rings. The average Bonchev–Trinajstić information content (AvgIpc) is 3.42. The van der Waals surface area contributed by atoms with Crippen molar-refractivity contribution in [2.24, 2.45) is 0 Å². The number of hydrogen-bond acceptors (Lipinski definition) is 6. The number of para-hydroxylation sites is 1. The van der Waals surface area contributed by atoms with Gasteiger partial charge in [-0.3, -0.25) is 14.3 Å². The van der Waals surface area contributed by atoms with Crippen molar-refractivity contribution >= 4 is 17.7 Å². The van der Waals surface area contributed by atoms with E-state index in [2.05, 4.69) is 34.3 Å². The van der Waals surface area contributed by atoms with Crippen molar-refractivity contribution in [2.45, 2.75) is 25.0 Å². The summed E-state index contributed by atoms with van der Waals surface area (Å²) in [7, 11) is 0. The number of rotatable bonds is 8. The summed E-state index contributed by atoms with van der Waals surface area (Å²) in [5, 5.41) is 3.88. The van der Waals surface area contributed by atoms with E-state index < -0.39 is 0 Å². The quantitative estimate of drug-likeness (QED) is 0.542. The minimum atomic E-state index is -0.0223. The Kier molecular flexibility index (Phi) is 7.11. The van der Waals surface area contributed by atoms with Gasteiger partial charge in [-0.1, -0.05) is 30.0 Å². The Balaban J connectivity index is 1.36. The Morgan fingerprint density at radius 1 is 1.19 bits per heavy atom. The number of thioether (sulfide) groups is 1. The number of ether oxygens (including phenoxy) is 1. The van der Waals surface area contributed by atoms with Gasteiger partial charge in [-0.15, -0.1) is 0 Å². The van der Waals surface area contributed by atoms with Gasteiger partial charge in [0.05, 0.1) is 30.7 Å². The second-order valence-corrected chi connectivity index (χ2v) is 8.51. The van der Waals surface area contributed by atoms with Gasteiger partial charge < -0.3 is 14.5 Å². The van der Waals surface area contributed by atoms with Crippen LogP contribution in [0, 0.1) is 13.8 Å². The van der Waals surface area contributed by atoms with Crippen LogP contribution in [0.1, 0.15) is 23.1 Å². The lowest BCUT2D eigenvalue weighted by Crippen LogP contribution is -2.44. The monoisotopic (exact) mass is 440 g/mol. The van der Waals surface area contributed by atoms with Crippen LogP contribution < -0.4 is 5.32 Å². The van der Waals surface area contributed by atoms with Crippen molar-refractivity contribution in [1.82, 2.24) is 19.8 Å². The van der Waals surface area contributed by atoms with Gasteiger partial charge in [0, 0.05) is 32.0 Å². The van der Waals surface area contributed by atoms with Gasteiger partial charge in [0.1, 0.15) is 11.5 Å². The number of aromatic nitrogens is 2. The second kappa shape index (κ2) is 10.2. The van der Waals surface area contributed by atoms with Gasteiger partial charge in [-0.25, -0.2) is 4.98 Å². The molecule has 164 valence electrons. The molecule has 2 aromatic heterocycles. The van der Waals surface area contributed by atoms with Crippen LogP contribution in [0.3, 0.4) is 0 Å². The highest BCUT2D eigenvalue weighted by atomic mass is 32.2. The lowest BCUT2D eigenvalue weighted by Gasteiger charge is -2.33. The third-order valence-electron chi connectivity index (χ3n) is 5.38. The number of morpholine rings is 1. The molecule has 0 saturated carbocycles. The van der Waals surface area contributed by atoms with E-state index in [1.54, 1.807) is 6.20 Å². The minimum absolute atomic E-state index is 0.000467. The van der Waals surface area contributed by atoms with Crippen molar-refractivity contribution < 1.29 is 13.9 Å². The van der Waals surface area contributed by atoms with Gasteiger partial charge in [0.15, 0.2) is 5.16 Å². The lowest BCUT2D eigenvalue weighted by atomic mass is 10.1. The highest BCUT2D eigenvalue weighted by molar-refractivity contribution is 7.99. The largest absolute Gasteiger partial charge is 0.465 e. The first-order chi connectivity index (χ1) is 15.1. The normalized spacial score (nSPS) is 15.7. The van der Waals surface area contributed by atoms with E-state index in [0.29, 0.717) is 25.5 Å². The Morgan fingerprint density at radius 3 is 2.74 bits per heavy atom. The molecule has 4 rings (SSSR count). The molecule has 8 heteroatoms. The van der Waals surface area contributed by atoms with E-state index in [9.17, 15) is 4.79 Å². The van der Waals surface area contributed by atoms with E-state index in [0.717, 1.165) is 41.0 Å². The van der Waals surface area contributed by atoms with Gasteiger partial charge in [0.25, 0.3) is 0 Å². The fraction of sp³-hybridized carbons (Fsp3) is 0.391. The molecule has 7 nitrogen and oxygen atoms in total. The number of hydrogen-bond donors (Lipinski definition) is 1. The van der Waals surface area contributed by atoms with Gasteiger partial charge >= 0.3 is 0 Å². The molecule has 1 aromatic carbocycles. The number of aryl methyl sites for hydroxylation is 2. The van der Waals surface area contributed by atoms with Crippen LogP contribution in [0.5, 0.6) is 0 Å². The van der Waals surface area contributed by atoms with Crippen molar-refractivity contribution in [3.63, 3.8) is 0 Å². The summed E-state index contributed by atoms with van der Waals surface area (Å²) < 4.78 is 13.4. The molecule has 0 bridgehead atoms. The summed E-state index contributed by atoms with van der Waals surface area (Å²) in [6, 6.07) is 12.1. The number of amides is 1. The molecule has 0 spiro atoms. The number of benzene rings is 1. The predicted molar refractivity (Wildman–Crippen MR) is 121 cm³/mol. The van der Waals surface area contributed by atoms with Crippen LogP contribution in [0.4, 0.5) is 0 Å². The smallest absolute Gasteiger partial charge is 0.230 e. The van der Waals surface area contributed by atoms with E-state index in [1.165, 1.54) is 11.8 Å². The van der Waals surface area contributed by atoms with Crippen LogP contribution >= 0.6 is 11.8 Å². The van der Waals surface area contributed by atoms with Crippen LogP contribution in [-0.4, -0.2) is 59.0 Å². The molecule has 0 aliphatic carbocycles. The summed E-state index contributed by atoms with van der Waals surface area (Å²) >= 11 is 1.44. The maximum atomic E-state index is 12.6. The molecule has 1 aliphatic heterocycles.